The number of carbonyl (C=O) groups excluding carboxylic acids is 2. The van der Waals surface area contributed by atoms with Crippen LogP contribution in [0.4, 0.5) is 22.7 Å². The van der Waals surface area contributed by atoms with Crippen LogP contribution < -0.4 is 21.3 Å². The van der Waals surface area contributed by atoms with Crippen molar-refractivity contribution in [3.63, 3.8) is 0 Å². The summed E-state index contributed by atoms with van der Waals surface area (Å²) in [6, 6.07) is 22.7. The summed E-state index contributed by atoms with van der Waals surface area (Å²) in [6.45, 7) is 0.937. The van der Waals surface area contributed by atoms with E-state index in [0.29, 0.717) is 45.9 Å². The Balaban J connectivity index is 0.000000142. The molecule has 0 fully saturated rings. The SMILES string of the molecule is CNc1ccc2c(c1)COC2=C1C(=O)Nc2cc(Cl)ccc21.CNc1ccc2c(c1)COC2=C1C(=O)Nc2ccc(Cl)cc21. The molecule has 8 rings (SSSR count). The van der Waals surface area contributed by atoms with E-state index in [0.717, 1.165) is 56.1 Å². The number of nitrogens with one attached hydrogen (secondary N) is 4. The Morgan fingerprint density at radius 1 is 0.591 bits per heavy atom. The second-order valence-corrected chi connectivity index (χ2v) is 11.4. The van der Waals surface area contributed by atoms with Crippen molar-refractivity contribution >= 4 is 80.4 Å². The van der Waals surface area contributed by atoms with E-state index in [1.54, 1.807) is 24.3 Å². The molecule has 4 heterocycles. The van der Waals surface area contributed by atoms with Gasteiger partial charge in [-0.2, -0.15) is 0 Å². The zero-order valence-corrected chi connectivity index (χ0v) is 25.2. The van der Waals surface area contributed by atoms with Crippen molar-refractivity contribution < 1.29 is 19.1 Å². The predicted molar refractivity (Wildman–Crippen MR) is 175 cm³/mol. The molecule has 10 heteroatoms. The first-order valence-corrected chi connectivity index (χ1v) is 14.7. The molecule has 0 atom stereocenters. The van der Waals surface area contributed by atoms with Gasteiger partial charge < -0.3 is 30.7 Å². The molecule has 0 saturated carbocycles. The van der Waals surface area contributed by atoms with E-state index in [4.69, 9.17) is 32.7 Å². The molecule has 44 heavy (non-hydrogen) atoms. The van der Waals surface area contributed by atoms with E-state index in [1.807, 2.05) is 62.6 Å². The largest absolute Gasteiger partial charge is 0.487 e. The van der Waals surface area contributed by atoms with Crippen LogP contribution in [0.15, 0.2) is 72.8 Å². The summed E-state index contributed by atoms with van der Waals surface area (Å²) in [5.41, 5.74) is 10.3. The standard InChI is InChI=1S/2C17H13ClN2O2/c1-19-11-3-4-12-9(6-11)8-22-16(12)15-13-7-10(18)2-5-14(13)20-17(15)21;1-19-11-3-5-12-9(6-11)8-22-16(12)15-13-4-2-10(18)7-14(13)20-17(15)21/h2*2-7,19H,8H2,1H3,(H,20,21). The second kappa shape index (κ2) is 11.0. The van der Waals surface area contributed by atoms with Crippen LogP contribution in [-0.2, 0) is 32.3 Å². The molecule has 4 aromatic rings. The molecule has 0 radical (unpaired) electrons. The van der Waals surface area contributed by atoms with Gasteiger partial charge in [-0.1, -0.05) is 29.3 Å². The molecule has 8 nitrogen and oxygen atoms in total. The highest BCUT2D eigenvalue weighted by atomic mass is 35.5. The molecule has 0 aromatic heterocycles. The third-order valence-electron chi connectivity index (χ3n) is 7.93. The van der Waals surface area contributed by atoms with E-state index in [-0.39, 0.29) is 11.8 Å². The number of hydrogen-bond donors (Lipinski definition) is 4. The molecule has 0 bridgehead atoms. The minimum absolute atomic E-state index is 0.155. The fourth-order valence-electron chi connectivity index (χ4n) is 5.78. The van der Waals surface area contributed by atoms with Crippen LogP contribution >= 0.6 is 23.2 Å². The quantitative estimate of drug-likeness (QED) is 0.173. The molecule has 0 unspecified atom stereocenters. The van der Waals surface area contributed by atoms with Crippen LogP contribution in [0, 0.1) is 0 Å². The number of anilines is 4. The van der Waals surface area contributed by atoms with Crippen molar-refractivity contribution in [1.82, 2.24) is 0 Å². The Morgan fingerprint density at radius 3 is 1.68 bits per heavy atom. The number of ether oxygens (including phenoxy) is 2. The van der Waals surface area contributed by atoms with Gasteiger partial charge in [-0.25, -0.2) is 0 Å². The van der Waals surface area contributed by atoms with Gasteiger partial charge in [0.05, 0.1) is 16.8 Å². The first kappa shape index (κ1) is 27.9. The van der Waals surface area contributed by atoms with Crippen LogP contribution in [0.5, 0.6) is 0 Å². The predicted octanol–water partition coefficient (Wildman–Crippen LogP) is 7.46. The highest BCUT2D eigenvalue weighted by molar-refractivity contribution is 6.38. The number of carbonyl (C=O) groups is 2. The lowest BCUT2D eigenvalue weighted by atomic mass is 10.0. The maximum absolute atomic E-state index is 12.4. The smallest absolute Gasteiger partial charge is 0.260 e. The molecule has 0 saturated heterocycles. The van der Waals surface area contributed by atoms with Crippen molar-refractivity contribution in [2.45, 2.75) is 13.2 Å². The summed E-state index contributed by atoms with van der Waals surface area (Å²) in [5, 5.41) is 13.1. The lowest BCUT2D eigenvalue weighted by Gasteiger charge is -2.06. The van der Waals surface area contributed by atoms with E-state index < -0.39 is 0 Å². The third kappa shape index (κ3) is 4.72. The van der Waals surface area contributed by atoms with Gasteiger partial charge in [0.1, 0.15) is 24.7 Å². The number of amides is 2. The molecule has 0 spiro atoms. The molecule has 4 aliphatic heterocycles. The normalized spacial score (nSPS) is 18.5. The van der Waals surface area contributed by atoms with Crippen LogP contribution in [-0.4, -0.2) is 25.9 Å². The van der Waals surface area contributed by atoms with E-state index in [1.165, 1.54) is 0 Å². The number of fused-ring (bicyclic) bond motifs is 4. The Kier molecular flexibility index (Phi) is 6.95. The van der Waals surface area contributed by atoms with Crippen LogP contribution in [0.1, 0.15) is 33.4 Å². The molecule has 220 valence electrons. The molecular formula is C34H26Cl2N4O4. The summed E-state index contributed by atoms with van der Waals surface area (Å²) in [4.78, 5) is 24.7. The molecule has 4 aromatic carbocycles. The number of rotatable bonds is 2. The maximum Gasteiger partial charge on any atom is 0.260 e. The van der Waals surface area contributed by atoms with Crippen molar-refractivity contribution in [2.24, 2.45) is 0 Å². The van der Waals surface area contributed by atoms with Gasteiger partial charge in [-0.3, -0.25) is 9.59 Å². The Bertz CT molecular complexity index is 1970. The van der Waals surface area contributed by atoms with Gasteiger partial charge in [0, 0.05) is 74.6 Å². The summed E-state index contributed by atoms with van der Waals surface area (Å²) in [5.74, 6) is 0.947. The average molecular weight is 626 g/mol. The average Bonchev–Trinajstić information content (AvgIpc) is 3.78. The summed E-state index contributed by atoms with van der Waals surface area (Å²) < 4.78 is 11.6. The van der Waals surface area contributed by atoms with Gasteiger partial charge in [0.25, 0.3) is 11.8 Å². The van der Waals surface area contributed by atoms with Gasteiger partial charge in [0.15, 0.2) is 0 Å². The Labute approximate surface area is 263 Å². The molecule has 2 amide bonds. The monoisotopic (exact) mass is 624 g/mol. The second-order valence-electron chi connectivity index (χ2n) is 10.5. The Hall–Kier alpha value is -4.92. The highest BCUT2D eigenvalue weighted by Crippen LogP contribution is 2.44. The van der Waals surface area contributed by atoms with Crippen molar-refractivity contribution in [2.75, 3.05) is 35.4 Å². The lowest BCUT2D eigenvalue weighted by molar-refractivity contribution is -0.111. The zero-order valence-electron chi connectivity index (χ0n) is 23.7. The number of halogens is 2. The summed E-state index contributed by atoms with van der Waals surface area (Å²) >= 11 is 12.1. The van der Waals surface area contributed by atoms with E-state index >= 15 is 0 Å². The van der Waals surface area contributed by atoms with Crippen LogP contribution in [0.25, 0.3) is 22.7 Å². The zero-order chi connectivity index (χ0) is 30.5. The van der Waals surface area contributed by atoms with Gasteiger partial charge in [-0.05, 0) is 66.7 Å². The fraction of sp³-hybridized carbons (Fsp3) is 0.118. The first-order chi connectivity index (χ1) is 21.3. The topological polar surface area (TPSA) is 101 Å². The maximum atomic E-state index is 12.4. The lowest BCUT2D eigenvalue weighted by Crippen LogP contribution is -2.05. The molecule has 4 aliphatic rings. The van der Waals surface area contributed by atoms with Gasteiger partial charge in [-0.15, -0.1) is 0 Å². The molecule has 0 aliphatic carbocycles. The minimum Gasteiger partial charge on any atom is -0.487 e. The molecule has 4 N–H and O–H groups in total. The van der Waals surface area contributed by atoms with Crippen LogP contribution in [0.3, 0.4) is 0 Å². The fourth-order valence-corrected chi connectivity index (χ4v) is 6.13. The first-order valence-electron chi connectivity index (χ1n) is 13.9. The van der Waals surface area contributed by atoms with Crippen molar-refractivity contribution in [1.29, 1.82) is 0 Å². The van der Waals surface area contributed by atoms with Gasteiger partial charge >= 0.3 is 0 Å². The highest BCUT2D eigenvalue weighted by Gasteiger charge is 2.34. The molecular weight excluding hydrogens is 599 g/mol. The van der Waals surface area contributed by atoms with Crippen molar-refractivity contribution in [3.05, 3.63) is 116 Å². The van der Waals surface area contributed by atoms with Crippen LogP contribution in [0.2, 0.25) is 10.0 Å². The van der Waals surface area contributed by atoms with E-state index in [9.17, 15) is 9.59 Å². The third-order valence-corrected chi connectivity index (χ3v) is 8.40. The van der Waals surface area contributed by atoms with E-state index in [2.05, 4.69) is 21.3 Å². The number of hydrogen-bond acceptors (Lipinski definition) is 6. The van der Waals surface area contributed by atoms with Gasteiger partial charge in [0.2, 0.25) is 0 Å². The Morgan fingerprint density at radius 2 is 1.09 bits per heavy atom. The van der Waals surface area contributed by atoms with Crippen molar-refractivity contribution in [3.8, 4) is 0 Å². The summed E-state index contributed by atoms with van der Waals surface area (Å²) in [7, 11) is 3.75. The number of benzene rings is 4. The summed E-state index contributed by atoms with van der Waals surface area (Å²) in [6.07, 6.45) is 0. The minimum atomic E-state index is -0.155.